The number of anilines is 2. The average Bonchev–Trinajstić information content (AvgIpc) is 3.15. The number of amides is 1. The molecule has 1 saturated heterocycles. The van der Waals surface area contributed by atoms with E-state index < -0.39 is 0 Å². The van der Waals surface area contributed by atoms with Crippen molar-refractivity contribution in [1.82, 2.24) is 10.2 Å². The Labute approximate surface area is 132 Å². The lowest BCUT2D eigenvalue weighted by Crippen LogP contribution is -2.27. The Morgan fingerprint density at radius 1 is 1.52 bits per heavy atom. The topological polar surface area (TPSA) is 84.8 Å². The highest BCUT2D eigenvalue weighted by Gasteiger charge is 2.30. The summed E-state index contributed by atoms with van der Waals surface area (Å²) in [6.07, 6.45) is 0.630. The number of halogens is 1. The number of carbonyl (C=O) groups is 1. The second kappa shape index (κ2) is 6.08. The maximum atomic E-state index is 13.8. The molecule has 0 aliphatic carbocycles. The second-order valence-electron chi connectivity index (χ2n) is 5.56. The molecule has 118 valence electrons. The summed E-state index contributed by atoms with van der Waals surface area (Å²) >= 11 is 0. The molecule has 1 unspecified atom stereocenters. The van der Waals surface area contributed by atoms with E-state index in [-0.39, 0.29) is 23.5 Å². The first-order chi connectivity index (χ1) is 11.1. The highest BCUT2D eigenvalue weighted by molar-refractivity contribution is 5.93. The Hall–Kier alpha value is -2.88. The number of rotatable bonds is 3. The van der Waals surface area contributed by atoms with Gasteiger partial charge in [-0.05, 0) is 25.5 Å². The number of hydrogen-bond donors (Lipinski definition) is 2. The van der Waals surface area contributed by atoms with Crippen molar-refractivity contribution in [3.63, 3.8) is 0 Å². The van der Waals surface area contributed by atoms with Crippen LogP contribution in [0.4, 0.5) is 15.9 Å². The van der Waals surface area contributed by atoms with E-state index in [2.05, 4.69) is 15.5 Å². The summed E-state index contributed by atoms with van der Waals surface area (Å²) in [6, 6.07) is 8.55. The molecule has 0 bridgehead atoms. The van der Waals surface area contributed by atoms with Crippen molar-refractivity contribution in [2.24, 2.45) is 5.92 Å². The van der Waals surface area contributed by atoms with Crippen LogP contribution in [0.5, 0.6) is 0 Å². The van der Waals surface area contributed by atoms with Gasteiger partial charge in [-0.25, -0.2) is 4.39 Å². The Morgan fingerprint density at radius 3 is 3.04 bits per heavy atom. The molecule has 6 nitrogen and oxygen atoms in total. The van der Waals surface area contributed by atoms with Gasteiger partial charge in [0.15, 0.2) is 5.82 Å². The molecule has 2 aromatic rings. The highest BCUT2D eigenvalue weighted by atomic mass is 19.1. The SMILES string of the molecule is Cc1[nH]nc(NC(=O)C2CCN(c3ccccc3F)C2)c1C#N. The van der Waals surface area contributed by atoms with E-state index >= 15 is 0 Å². The molecule has 2 heterocycles. The number of aryl methyl sites for hydroxylation is 1. The standard InChI is InChI=1S/C16H16FN5O/c1-10-12(8-18)15(21-20-10)19-16(23)11-6-7-22(9-11)14-5-3-2-4-13(14)17/h2-5,11H,6-7,9H2,1H3,(H2,19,20,21,23). The molecule has 0 spiro atoms. The van der Waals surface area contributed by atoms with E-state index in [1.165, 1.54) is 6.07 Å². The number of nitrogens with one attached hydrogen (secondary N) is 2. The minimum atomic E-state index is -0.289. The zero-order valence-electron chi connectivity index (χ0n) is 12.6. The van der Waals surface area contributed by atoms with E-state index in [0.717, 1.165) is 0 Å². The summed E-state index contributed by atoms with van der Waals surface area (Å²) in [4.78, 5) is 14.2. The number of benzene rings is 1. The lowest BCUT2D eigenvalue weighted by Gasteiger charge is -2.19. The van der Waals surface area contributed by atoms with Crippen LogP contribution in [0.1, 0.15) is 17.7 Å². The van der Waals surface area contributed by atoms with Gasteiger partial charge in [-0.1, -0.05) is 12.1 Å². The summed E-state index contributed by atoms with van der Waals surface area (Å²) in [6.45, 7) is 2.78. The van der Waals surface area contributed by atoms with Gasteiger partial charge in [0.25, 0.3) is 0 Å². The molecular formula is C16H16FN5O. The fourth-order valence-electron chi connectivity index (χ4n) is 2.78. The van der Waals surface area contributed by atoms with Gasteiger partial charge in [-0.2, -0.15) is 10.4 Å². The highest BCUT2D eigenvalue weighted by Crippen LogP contribution is 2.27. The molecule has 0 saturated carbocycles. The number of nitrogens with zero attached hydrogens (tertiary/aromatic N) is 3. The predicted molar refractivity (Wildman–Crippen MR) is 83.4 cm³/mol. The number of nitriles is 1. The Kier molecular flexibility index (Phi) is 3.98. The summed E-state index contributed by atoms with van der Waals surface area (Å²) in [5.41, 5.74) is 1.46. The molecule has 1 aliphatic heterocycles. The molecule has 1 aromatic carbocycles. The normalized spacial score (nSPS) is 17.1. The van der Waals surface area contributed by atoms with Crippen LogP contribution in [-0.4, -0.2) is 29.2 Å². The third-order valence-electron chi connectivity index (χ3n) is 4.05. The van der Waals surface area contributed by atoms with Crippen LogP contribution in [0.25, 0.3) is 0 Å². The third-order valence-corrected chi connectivity index (χ3v) is 4.05. The summed E-state index contributed by atoms with van der Waals surface area (Å²) in [5.74, 6) is -0.507. The Balaban J connectivity index is 1.68. The van der Waals surface area contributed by atoms with Crippen molar-refractivity contribution in [2.45, 2.75) is 13.3 Å². The molecule has 1 fully saturated rings. The van der Waals surface area contributed by atoms with Crippen molar-refractivity contribution in [2.75, 3.05) is 23.3 Å². The summed E-state index contributed by atoms with van der Waals surface area (Å²) < 4.78 is 13.8. The van der Waals surface area contributed by atoms with Gasteiger partial charge in [-0.15, -0.1) is 0 Å². The van der Waals surface area contributed by atoms with Gasteiger partial charge >= 0.3 is 0 Å². The first kappa shape index (κ1) is 15.0. The Morgan fingerprint density at radius 2 is 2.30 bits per heavy atom. The maximum absolute atomic E-state index is 13.8. The molecule has 7 heteroatoms. The van der Waals surface area contributed by atoms with Crippen LogP contribution in [0.15, 0.2) is 24.3 Å². The lowest BCUT2D eigenvalue weighted by molar-refractivity contribution is -0.119. The first-order valence-corrected chi connectivity index (χ1v) is 7.35. The van der Waals surface area contributed by atoms with Gasteiger partial charge in [0.05, 0.1) is 17.3 Å². The number of hydrogen-bond acceptors (Lipinski definition) is 4. The zero-order valence-corrected chi connectivity index (χ0v) is 12.6. The van der Waals surface area contributed by atoms with Gasteiger partial charge in [0.2, 0.25) is 5.91 Å². The van der Waals surface area contributed by atoms with Crippen LogP contribution in [-0.2, 0) is 4.79 Å². The van der Waals surface area contributed by atoms with Crippen molar-refractivity contribution < 1.29 is 9.18 Å². The van der Waals surface area contributed by atoms with Crippen LogP contribution in [0.3, 0.4) is 0 Å². The van der Waals surface area contributed by atoms with E-state index in [1.807, 2.05) is 11.0 Å². The number of para-hydroxylation sites is 1. The van der Waals surface area contributed by atoms with Crippen LogP contribution in [0.2, 0.25) is 0 Å². The smallest absolute Gasteiger partial charge is 0.230 e. The molecule has 3 rings (SSSR count). The minimum absolute atomic E-state index is 0.202. The van der Waals surface area contributed by atoms with E-state index in [4.69, 9.17) is 5.26 Å². The summed E-state index contributed by atoms with van der Waals surface area (Å²) in [7, 11) is 0. The quantitative estimate of drug-likeness (QED) is 0.909. The average molecular weight is 313 g/mol. The van der Waals surface area contributed by atoms with E-state index in [0.29, 0.717) is 36.5 Å². The monoisotopic (exact) mass is 313 g/mol. The summed E-state index contributed by atoms with van der Waals surface area (Å²) in [5, 5.41) is 18.4. The Bertz CT molecular complexity index is 779. The van der Waals surface area contributed by atoms with E-state index in [1.54, 1.807) is 25.1 Å². The van der Waals surface area contributed by atoms with Crippen molar-refractivity contribution in [3.8, 4) is 6.07 Å². The molecule has 23 heavy (non-hydrogen) atoms. The van der Waals surface area contributed by atoms with Crippen molar-refractivity contribution >= 4 is 17.4 Å². The zero-order chi connectivity index (χ0) is 16.4. The first-order valence-electron chi connectivity index (χ1n) is 7.35. The minimum Gasteiger partial charge on any atom is -0.368 e. The van der Waals surface area contributed by atoms with Crippen LogP contribution < -0.4 is 10.2 Å². The number of aromatic nitrogens is 2. The van der Waals surface area contributed by atoms with Crippen molar-refractivity contribution in [1.29, 1.82) is 5.26 Å². The molecule has 1 atom stereocenters. The third kappa shape index (κ3) is 2.88. The van der Waals surface area contributed by atoms with Crippen molar-refractivity contribution in [3.05, 3.63) is 41.3 Å². The van der Waals surface area contributed by atoms with E-state index in [9.17, 15) is 9.18 Å². The predicted octanol–water partition coefficient (Wildman–Crippen LogP) is 2.19. The second-order valence-corrected chi connectivity index (χ2v) is 5.56. The van der Waals surface area contributed by atoms with Crippen LogP contribution >= 0.6 is 0 Å². The lowest BCUT2D eigenvalue weighted by atomic mass is 10.1. The fourth-order valence-corrected chi connectivity index (χ4v) is 2.78. The largest absolute Gasteiger partial charge is 0.368 e. The molecule has 1 amide bonds. The van der Waals surface area contributed by atoms with Gasteiger partial charge in [-0.3, -0.25) is 9.89 Å². The van der Waals surface area contributed by atoms with Crippen LogP contribution in [0, 0.1) is 30.0 Å². The molecule has 0 radical (unpaired) electrons. The molecule has 1 aliphatic rings. The molecule has 1 aromatic heterocycles. The number of aromatic amines is 1. The number of carbonyl (C=O) groups excluding carboxylic acids is 1. The van der Waals surface area contributed by atoms with Gasteiger partial charge in [0.1, 0.15) is 17.4 Å². The fraction of sp³-hybridized carbons (Fsp3) is 0.312. The van der Waals surface area contributed by atoms with Gasteiger partial charge < -0.3 is 10.2 Å². The molecular weight excluding hydrogens is 297 g/mol. The number of H-pyrrole nitrogens is 1. The van der Waals surface area contributed by atoms with Gasteiger partial charge in [0, 0.05) is 13.1 Å². The maximum Gasteiger partial charge on any atom is 0.230 e. The molecule has 2 N–H and O–H groups in total.